The average Bonchev–Trinajstić information content (AvgIpc) is 3.12. The topological polar surface area (TPSA) is 122 Å². The molecule has 1 aromatic rings. The molecule has 2 heterocycles. The molecule has 0 radical (unpaired) electrons. The van der Waals surface area contributed by atoms with Crippen molar-refractivity contribution in [1.82, 2.24) is 15.5 Å². The van der Waals surface area contributed by atoms with Gasteiger partial charge in [0.25, 0.3) is 17.7 Å². The number of imide groups is 2. The summed E-state index contributed by atoms with van der Waals surface area (Å²) in [5.41, 5.74) is 1.62. The first-order valence-corrected chi connectivity index (χ1v) is 11.9. The Morgan fingerprint density at radius 1 is 1.22 bits per heavy atom. The van der Waals surface area contributed by atoms with Gasteiger partial charge in [0.15, 0.2) is 6.61 Å². The van der Waals surface area contributed by atoms with Gasteiger partial charge in [0.2, 0.25) is 11.8 Å². The Labute approximate surface area is 211 Å². The highest BCUT2D eigenvalue weighted by atomic mass is 16.5. The second-order valence-corrected chi connectivity index (χ2v) is 8.10. The van der Waals surface area contributed by atoms with E-state index in [1.165, 1.54) is 12.3 Å². The number of nitrogens with one attached hydrogen (secondary N) is 2. The van der Waals surface area contributed by atoms with Crippen molar-refractivity contribution < 1.29 is 28.7 Å². The largest absolute Gasteiger partial charge is 0.491 e. The van der Waals surface area contributed by atoms with Crippen LogP contribution in [0.3, 0.4) is 0 Å². The zero-order valence-corrected chi connectivity index (χ0v) is 21.0. The molecule has 36 heavy (non-hydrogen) atoms. The Morgan fingerprint density at radius 3 is 2.56 bits per heavy atom. The van der Waals surface area contributed by atoms with Crippen LogP contribution in [0.1, 0.15) is 72.7 Å². The minimum Gasteiger partial charge on any atom is -0.491 e. The molecule has 2 aliphatic heterocycles. The van der Waals surface area contributed by atoms with Crippen LogP contribution in [0.25, 0.3) is 0 Å². The number of fused-ring (bicyclic) bond motifs is 1. The van der Waals surface area contributed by atoms with Gasteiger partial charge in [-0.25, -0.2) is 0 Å². The van der Waals surface area contributed by atoms with Gasteiger partial charge in [0, 0.05) is 13.0 Å². The summed E-state index contributed by atoms with van der Waals surface area (Å²) in [6.07, 6.45) is 9.30. The van der Waals surface area contributed by atoms with Gasteiger partial charge in [0.1, 0.15) is 6.04 Å². The first kappa shape index (κ1) is 28.2. The number of ether oxygens (including phenoxy) is 1. The van der Waals surface area contributed by atoms with E-state index in [0.29, 0.717) is 5.56 Å². The van der Waals surface area contributed by atoms with Crippen LogP contribution in [-0.4, -0.2) is 47.1 Å². The summed E-state index contributed by atoms with van der Waals surface area (Å²) in [5, 5.41) is 4.82. The number of benzene rings is 1. The molecule has 1 aromatic carbocycles. The third kappa shape index (κ3) is 7.00. The van der Waals surface area contributed by atoms with E-state index < -0.39 is 35.6 Å². The van der Waals surface area contributed by atoms with Crippen LogP contribution in [0.15, 0.2) is 54.8 Å². The van der Waals surface area contributed by atoms with Crippen LogP contribution in [0.2, 0.25) is 0 Å². The predicted octanol–water partition coefficient (Wildman–Crippen LogP) is 3.17. The summed E-state index contributed by atoms with van der Waals surface area (Å²) in [6, 6.07) is 3.70. The molecule has 0 saturated carbocycles. The van der Waals surface area contributed by atoms with Crippen molar-refractivity contribution in [2.24, 2.45) is 0 Å². The minimum atomic E-state index is -1.04. The number of allylic oxidation sites excluding steroid dienone is 4. The molecule has 1 saturated heterocycles. The Balaban J connectivity index is 0.000000830. The van der Waals surface area contributed by atoms with Crippen molar-refractivity contribution in [3.63, 3.8) is 0 Å². The normalized spacial score (nSPS) is 17.4. The number of rotatable bonds is 9. The summed E-state index contributed by atoms with van der Waals surface area (Å²) in [7, 11) is 0. The van der Waals surface area contributed by atoms with E-state index in [-0.39, 0.29) is 37.1 Å². The lowest BCUT2D eigenvalue weighted by Gasteiger charge is -2.27. The predicted molar refractivity (Wildman–Crippen MR) is 135 cm³/mol. The molecule has 1 fully saturated rings. The zero-order valence-electron chi connectivity index (χ0n) is 21.0. The molecule has 0 aromatic heterocycles. The van der Waals surface area contributed by atoms with Gasteiger partial charge in [-0.1, -0.05) is 50.8 Å². The molecular weight excluding hydrogens is 462 g/mol. The van der Waals surface area contributed by atoms with Gasteiger partial charge in [-0.2, -0.15) is 0 Å². The molecule has 0 bridgehead atoms. The number of piperidine rings is 1. The third-order valence-electron chi connectivity index (χ3n) is 5.62. The Morgan fingerprint density at radius 2 is 1.97 bits per heavy atom. The molecule has 9 nitrogen and oxygen atoms in total. The van der Waals surface area contributed by atoms with Gasteiger partial charge >= 0.3 is 0 Å². The maximum Gasteiger partial charge on any atom is 0.262 e. The van der Waals surface area contributed by atoms with E-state index in [1.54, 1.807) is 18.2 Å². The fourth-order valence-electron chi connectivity index (χ4n) is 3.71. The van der Waals surface area contributed by atoms with Gasteiger partial charge in [-0.3, -0.25) is 34.2 Å². The van der Waals surface area contributed by atoms with E-state index in [4.69, 9.17) is 4.74 Å². The number of carbonyl (C=O) groups is 5. The van der Waals surface area contributed by atoms with Crippen LogP contribution < -0.4 is 10.6 Å². The van der Waals surface area contributed by atoms with Gasteiger partial charge < -0.3 is 10.1 Å². The quantitative estimate of drug-likeness (QED) is 0.235. The second-order valence-electron chi connectivity index (χ2n) is 8.10. The molecule has 1 atom stereocenters. The van der Waals surface area contributed by atoms with Crippen molar-refractivity contribution in [3.05, 3.63) is 71.5 Å². The second kappa shape index (κ2) is 13.8. The van der Waals surface area contributed by atoms with Crippen molar-refractivity contribution in [2.75, 3.05) is 6.61 Å². The summed E-state index contributed by atoms with van der Waals surface area (Å²) < 4.78 is 5.23. The van der Waals surface area contributed by atoms with E-state index in [1.807, 2.05) is 13.8 Å². The standard InChI is InChI=1S/C22H23N3O6.C5H10/c1-3-13(4-2)11-31-12-18(27)23-10-14-6-5-7-15-19(14)22(30)25(21(15)29)16-8-9-17(26)24-20(16)28;1-3-5-4-2/h3,5-7,11,16H,1,4,8-10,12H2,2H3,(H,23,27)(H,24,26,28);3,5H,4H2,1-2H3/b13-11+;5-3-. The van der Waals surface area contributed by atoms with Crippen LogP contribution in [-0.2, 0) is 25.7 Å². The molecule has 5 amide bonds. The van der Waals surface area contributed by atoms with E-state index in [0.717, 1.165) is 23.3 Å². The summed E-state index contributed by atoms with van der Waals surface area (Å²) in [6.45, 7) is 9.54. The van der Waals surface area contributed by atoms with Crippen molar-refractivity contribution >= 4 is 29.5 Å². The molecule has 1 unspecified atom stereocenters. The number of carbonyl (C=O) groups excluding carboxylic acids is 5. The maximum absolute atomic E-state index is 13.0. The first-order valence-electron chi connectivity index (χ1n) is 11.9. The zero-order chi connectivity index (χ0) is 26.7. The van der Waals surface area contributed by atoms with Gasteiger partial charge in [-0.05, 0) is 43.4 Å². The lowest BCUT2D eigenvalue weighted by Crippen LogP contribution is -2.54. The monoisotopic (exact) mass is 495 g/mol. The van der Waals surface area contributed by atoms with E-state index >= 15 is 0 Å². The highest BCUT2D eigenvalue weighted by molar-refractivity contribution is 6.24. The summed E-state index contributed by atoms with van der Waals surface area (Å²) >= 11 is 0. The summed E-state index contributed by atoms with van der Waals surface area (Å²) in [4.78, 5) is 62.3. The maximum atomic E-state index is 13.0. The number of nitrogens with zero attached hydrogens (tertiary/aromatic N) is 1. The average molecular weight is 496 g/mol. The lowest BCUT2D eigenvalue weighted by atomic mass is 10.0. The van der Waals surface area contributed by atoms with Gasteiger partial charge in [0.05, 0.1) is 17.4 Å². The molecule has 2 aliphatic rings. The molecule has 0 aliphatic carbocycles. The highest BCUT2D eigenvalue weighted by Crippen LogP contribution is 2.29. The van der Waals surface area contributed by atoms with Crippen LogP contribution in [0, 0.1) is 0 Å². The highest BCUT2D eigenvalue weighted by Gasteiger charge is 2.45. The lowest BCUT2D eigenvalue weighted by molar-refractivity contribution is -0.136. The molecule has 9 heteroatoms. The number of amides is 5. The molecular formula is C27H33N3O6. The van der Waals surface area contributed by atoms with E-state index in [2.05, 4.69) is 36.3 Å². The van der Waals surface area contributed by atoms with E-state index in [9.17, 15) is 24.0 Å². The SMILES string of the molecule is C/C=C\CC.C=C/C(=C\OCC(=O)NCc1cccc2c1C(=O)N(C1CCC(=O)NC1=O)C2=O)CC. The number of hydrogen-bond acceptors (Lipinski definition) is 6. The Kier molecular flexibility index (Phi) is 10.8. The smallest absolute Gasteiger partial charge is 0.262 e. The molecule has 3 rings (SSSR count). The Hall–Kier alpha value is -4.01. The third-order valence-corrected chi connectivity index (χ3v) is 5.62. The first-order chi connectivity index (χ1) is 17.3. The van der Waals surface area contributed by atoms with Crippen LogP contribution in [0.5, 0.6) is 0 Å². The fourth-order valence-corrected chi connectivity index (χ4v) is 3.71. The summed E-state index contributed by atoms with van der Waals surface area (Å²) in [5.74, 6) is -2.70. The number of hydrogen-bond donors (Lipinski definition) is 2. The molecule has 0 spiro atoms. The van der Waals surface area contributed by atoms with Crippen LogP contribution >= 0.6 is 0 Å². The van der Waals surface area contributed by atoms with Crippen LogP contribution in [0.4, 0.5) is 0 Å². The van der Waals surface area contributed by atoms with Crippen molar-refractivity contribution in [2.45, 2.75) is 59.0 Å². The van der Waals surface area contributed by atoms with Crippen molar-refractivity contribution in [3.8, 4) is 0 Å². The minimum absolute atomic E-state index is 0.0133. The Bertz CT molecular complexity index is 1090. The van der Waals surface area contributed by atoms with Gasteiger partial charge in [-0.15, -0.1) is 0 Å². The molecule has 192 valence electrons. The molecule has 2 N–H and O–H groups in total. The van der Waals surface area contributed by atoms with Crippen molar-refractivity contribution in [1.29, 1.82) is 0 Å². The fraction of sp³-hybridized carbons (Fsp3) is 0.370.